The van der Waals surface area contributed by atoms with E-state index in [9.17, 15) is 9.90 Å². The molecular formula is C10H20N2O3. The Labute approximate surface area is 90.4 Å². The normalized spacial score (nSPS) is 20.5. The van der Waals surface area contributed by atoms with Crippen LogP contribution in [0.25, 0.3) is 0 Å². The first kappa shape index (κ1) is 12.4. The summed E-state index contributed by atoms with van der Waals surface area (Å²) >= 11 is 0. The van der Waals surface area contributed by atoms with E-state index < -0.39 is 11.5 Å². The van der Waals surface area contributed by atoms with Gasteiger partial charge in [-0.05, 0) is 26.9 Å². The molecule has 5 heteroatoms. The molecule has 1 aliphatic rings. The Morgan fingerprint density at radius 1 is 1.47 bits per heavy atom. The van der Waals surface area contributed by atoms with Crippen LogP contribution >= 0.6 is 0 Å². The second-order valence-electron chi connectivity index (χ2n) is 4.23. The fourth-order valence-electron chi connectivity index (χ4n) is 1.70. The molecule has 2 N–H and O–H groups in total. The highest BCUT2D eigenvalue weighted by Crippen LogP contribution is 2.20. The third-order valence-corrected chi connectivity index (χ3v) is 2.78. The fraction of sp³-hybridized carbons (Fsp3) is 0.900. The lowest BCUT2D eigenvalue weighted by molar-refractivity contribution is -0.149. The molecule has 0 aromatic carbocycles. The highest BCUT2D eigenvalue weighted by atomic mass is 16.5. The fourth-order valence-corrected chi connectivity index (χ4v) is 1.70. The van der Waals surface area contributed by atoms with Crippen molar-refractivity contribution in [1.82, 2.24) is 10.2 Å². The first-order chi connectivity index (χ1) is 7.07. The maximum atomic E-state index is 11.2. The topological polar surface area (TPSA) is 61.8 Å². The number of hydrogen-bond donors (Lipinski definition) is 2. The summed E-state index contributed by atoms with van der Waals surface area (Å²) in [5, 5.41) is 12.4. The van der Waals surface area contributed by atoms with Gasteiger partial charge in [-0.15, -0.1) is 0 Å². The third-order valence-electron chi connectivity index (χ3n) is 2.78. The lowest BCUT2D eigenvalue weighted by atomic mass is 9.90. The Kier molecular flexibility index (Phi) is 4.50. The van der Waals surface area contributed by atoms with Crippen LogP contribution in [0.5, 0.6) is 0 Å². The summed E-state index contributed by atoms with van der Waals surface area (Å²) in [6.45, 7) is 2.59. The van der Waals surface area contributed by atoms with Gasteiger partial charge in [0.1, 0.15) is 5.54 Å². The van der Waals surface area contributed by atoms with Crippen LogP contribution in [-0.4, -0.2) is 61.9 Å². The number of likely N-dealkylation sites (N-methyl/N-ethyl adjacent to an activating group) is 1. The van der Waals surface area contributed by atoms with E-state index in [0.29, 0.717) is 32.6 Å². The first-order valence-corrected chi connectivity index (χ1v) is 5.28. The average Bonchev–Trinajstić information content (AvgIpc) is 2.18. The molecule has 0 spiro atoms. The number of nitrogens with zero attached hydrogens (tertiary/aromatic N) is 1. The molecule has 0 radical (unpaired) electrons. The van der Waals surface area contributed by atoms with Gasteiger partial charge in [-0.3, -0.25) is 4.79 Å². The van der Waals surface area contributed by atoms with Crippen molar-refractivity contribution in [2.45, 2.75) is 18.4 Å². The molecular weight excluding hydrogens is 196 g/mol. The number of carboxylic acid groups (broad SMARTS) is 1. The first-order valence-electron chi connectivity index (χ1n) is 5.28. The van der Waals surface area contributed by atoms with Gasteiger partial charge in [0.2, 0.25) is 0 Å². The van der Waals surface area contributed by atoms with Crippen LogP contribution in [0.2, 0.25) is 0 Å². The minimum Gasteiger partial charge on any atom is -0.480 e. The van der Waals surface area contributed by atoms with Crippen molar-refractivity contribution in [3.8, 4) is 0 Å². The molecule has 1 heterocycles. The summed E-state index contributed by atoms with van der Waals surface area (Å²) in [7, 11) is 3.94. The standard InChI is InChI=1S/C10H20N2O3/c1-12(2)6-5-11-10(9(13)14)3-7-15-8-4-10/h11H,3-8H2,1-2H3,(H,13,14). The maximum absolute atomic E-state index is 11.2. The molecule has 1 rings (SSSR count). The molecule has 1 saturated heterocycles. The number of hydrogen-bond acceptors (Lipinski definition) is 4. The Hall–Kier alpha value is -0.650. The third kappa shape index (κ3) is 3.44. The Morgan fingerprint density at radius 3 is 2.53 bits per heavy atom. The van der Waals surface area contributed by atoms with Gasteiger partial charge in [-0.2, -0.15) is 0 Å². The number of carboxylic acids is 1. The summed E-state index contributed by atoms with van der Waals surface area (Å²) < 4.78 is 5.19. The molecule has 88 valence electrons. The van der Waals surface area contributed by atoms with Gasteiger partial charge in [0.05, 0.1) is 0 Å². The molecule has 0 saturated carbocycles. The van der Waals surface area contributed by atoms with Gasteiger partial charge in [0.15, 0.2) is 0 Å². The van der Waals surface area contributed by atoms with E-state index in [1.54, 1.807) is 0 Å². The van der Waals surface area contributed by atoms with E-state index in [4.69, 9.17) is 4.74 Å². The Bertz CT molecular complexity index is 213. The van der Waals surface area contributed by atoms with Gasteiger partial charge < -0.3 is 20.1 Å². The molecule has 1 fully saturated rings. The summed E-state index contributed by atoms with van der Waals surface area (Å²) in [6, 6.07) is 0. The molecule has 0 aromatic rings. The number of aliphatic carboxylic acids is 1. The molecule has 0 atom stereocenters. The van der Waals surface area contributed by atoms with E-state index in [0.717, 1.165) is 6.54 Å². The van der Waals surface area contributed by atoms with E-state index in [1.807, 2.05) is 19.0 Å². The average molecular weight is 216 g/mol. The van der Waals surface area contributed by atoms with E-state index in [-0.39, 0.29) is 0 Å². The van der Waals surface area contributed by atoms with Crippen LogP contribution in [0.3, 0.4) is 0 Å². The highest BCUT2D eigenvalue weighted by Gasteiger charge is 2.39. The molecule has 0 amide bonds. The van der Waals surface area contributed by atoms with Gasteiger partial charge in [0.25, 0.3) is 0 Å². The van der Waals surface area contributed by atoms with Crippen LogP contribution in [0.4, 0.5) is 0 Å². The lowest BCUT2D eigenvalue weighted by Gasteiger charge is -2.34. The molecule has 0 unspecified atom stereocenters. The molecule has 0 bridgehead atoms. The van der Waals surface area contributed by atoms with E-state index >= 15 is 0 Å². The zero-order valence-corrected chi connectivity index (χ0v) is 9.45. The second kappa shape index (κ2) is 5.44. The lowest BCUT2D eigenvalue weighted by Crippen LogP contribution is -2.56. The van der Waals surface area contributed by atoms with Gasteiger partial charge in [-0.25, -0.2) is 0 Å². The Balaban J connectivity index is 2.46. The van der Waals surface area contributed by atoms with Crippen molar-refractivity contribution >= 4 is 5.97 Å². The summed E-state index contributed by atoms with van der Waals surface area (Å²) in [5.41, 5.74) is -0.770. The molecule has 0 aliphatic carbocycles. The summed E-state index contributed by atoms with van der Waals surface area (Å²) in [4.78, 5) is 13.3. The van der Waals surface area contributed by atoms with Crippen molar-refractivity contribution in [2.75, 3.05) is 40.4 Å². The summed E-state index contributed by atoms with van der Waals surface area (Å²) in [5.74, 6) is -0.760. The van der Waals surface area contributed by atoms with Crippen molar-refractivity contribution in [3.05, 3.63) is 0 Å². The van der Waals surface area contributed by atoms with Crippen molar-refractivity contribution < 1.29 is 14.6 Å². The molecule has 5 nitrogen and oxygen atoms in total. The number of rotatable bonds is 5. The number of carbonyl (C=O) groups is 1. The Morgan fingerprint density at radius 2 is 2.07 bits per heavy atom. The SMILES string of the molecule is CN(C)CCNC1(C(=O)O)CCOCC1. The van der Waals surface area contributed by atoms with Gasteiger partial charge in [-0.1, -0.05) is 0 Å². The molecule has 15 heavy (non-hydrogen) atoms. The minimum absolute atomic E-state index is 0.529. The zero-order chi connectivity index (χ0) is 11.3. The van der Waals surface area contributed by atoms with Crippen molar-refractivity contribution in [3.63, 3.8) is 0 Å². The van der Waals surface area contributed by atoms with Crippen LogP contribution in [0.15, 0.2) is 0 Å². The van der Waals surface area contributed by atoms with Gasteiger partial charge >= 0.3 is 5.97 Å². The van der Waals surface area contributed by atoms with Crippen molar-refractivity contribution in [2.24, 2.45) is 0 Å². The van der Waals surface area contributed by atoms with Crippen LogP contribution < -0.4 is 5.32 Å². The molecule has 0 aromatic heterocycles. The quantitative estimate of drug-likeness (QED) is 0.665. The van der Waals surface area contributed by atoms with Gasteiger partial charge in [0, 0.05) is 26.3 Å². The minimum atomic E-state index is -0.770. The predicted octanol–water partition coefficient (Wildman–Crippen LogP) is -0.229. The van der Waals surface area contributed by atoms with E-state index in [1.165, 1.54) is 0 Å². The molecule has 1 aliphatic heterocycles. The van der Waals surface area contributed by atoms with E-state index in [2.05, 4.69) is 5.32 Å². The summed E-state index contributed by atoms with van der Waals surface area (Å²) in [6.07, 6.45) is 1.10. The van der Waals surface area contributed by atoms with Crippen LogP contribution in [0, 0.1) is 0 Å². The maximum Gasteiger partial charge on any atom is 0.324 e. The number of ether oxygens (including phenoxy) is 1. The monoisotopic (exact) mass is 216 g/mol. The van der Waals surface area contributed by atoms with Crippen molar-refractivity contribution in [1.29, 1.82) is 0 Å². The smallest absolute Gasteiger partial charge is 0.324 e. The highest BCUT2D eigenvalue weighted by molar-refractivity contribution is 5.78. The largest absolute Gasteiger partial charge is 0.480 e. The second-order valence-corrected chi connectivity index (χ2v) is 4.23. The van der Waals surface area contributed by atoms with Crippen LogP contribution in [-0.2, 0) is 9.53 Å². The zero-order valence-electron chi connectivity index (χ0n) is 9.45. The number of nitrogens with one attached hydrogen (secondary N) is 1. The van der Waals surface area contributed by atoms with Crippen LogP contribution in [0.1, 0.15) is 12.8 Å². The predicted molar refractivity (Wildman–Crippen MR) is 57.0 cm³/mol.